The Bertz CT molecular complexity index is 636. The largest absolute Gasteiger partial charge is 0.508 e. The second-order valence-electron chi connectivity index (χ2n) is 5.26. The zero-order valence-corrected chi connectivity index (χ0v) is 13.1. The number of esters is 1. The molecule has 2 aromatic carbocycles. The molecule has 0 fully saturated rings. The van der Waals surface area contributed by atoms with Crippen LogP contribution in [0.15, 0.2) is 36.4 Å². The number of phenols is 1. The fourth-order valence-corrected chi connectivity index (χ4v) is 2.35. The lowest BCUT2D eigenvalue weighted by molar-refractivity contribution is -0.131. The van der Waals surface area contributed by atoms with Crippen LogP contribution in [0.4, 0.5) is 0 Å². The van der Waals surface area contributed by atoms with Crippen molar-refractivity contribution in [3.8, 4) is 11.5 Å². The zero-order valence-electron chi connectivity index (χ0n) is 13.1. The maximum Gasteiger partial charge on any atom is 0.308 e. The lowest BCUT2D eigenvalue weighted by Gasteiger charge is -2.11. The minimum Gasteiger partial charge on any atom is -0.508 e. The molecule has 116 valence electrons. The second kappa shape index (κ2) is 7.09. The summed E-state index contributed by atoms with van der Waals surface area (Å²) in [4.78, 5) is 11.0. The first-order valence-electron chi connectivity index (χ1n) is 7.07. The van der Waals surface area contributed by atoms with Crippen LogP contribution in [0.25, 0.3) is 0 Å². The van der Waals surface area contributed by atoms with Gasteiger partial charge in [-0.25, -0.2) is 0 Å². The first-order chi connectivity index (χ1) is 10.5. The van der Waals surface area contributed by atoms with Crippen LogP contribution in [0.2, 0.25) is 0 Å². The minimum absolute atomic E-state index is 0.136. The zero-order chi connectivity index (χ0) is 16.1. The van der Waals surface area contributed by atoms with E-state index in [0.29, 0.717) is 18.8 Å². The van der Waals surface area contributed by atoms with Gasteiger partial charge in [0, 0.05) is 32.1 Å². The molecule has 0 saturated heterocycles. The smallest absolute Gasteiger partial charge is 0.308 e. The average molecular weight is 300 g/mol. The SMILES string of the molecule is COCc1ccc(Cc2c(C)cc(OC(C)=O)cc2O)cc1. The van der Waals surface area contributed by atoms with E-state index in [0.717, 1.165) is 22.3 Å². The number of phenolic OH excluding ortho intramolecular Hbond substituents is 1. The minimum atomic E-state index is -0.403. The third-order valence-corrected chi connectivity index (χ3v) is 3.40. The van der Waals surface area contributed by atoms with Gasteiger partial charge >= 0.3 is 5.97 Å². The molecule has 0 aliphatic rings. The summed E-state index contributed by atoms with van der Waals surface area (Å²) in [6, 6.07) is 11.3. The molecule has 4 nitrogen and oxygen atoms in total. The highest BCUT2D eigenvalue weighted by atomic mass is 16.5. The molecule has 0 spiro atoms. The Labute approximate surface area is 130 Å². The Kier molecular flexibility index (Phi) is 5.17. The van der Waals surface area contributed by atoms with Gasteiger partial charge in [0.1, 0.15) is 11.5 Å². The van der Waals surface area contributed by atoms with Gasteiger partial charge in [-0.3, -0.25) is 4.79 Å². The maximum atomic E-state index is 11.0. The van der Waals surface area contributed by atoms with Gasteiger partial charge in [0.15, 0.2) is 0 Å². The van der Waals surface area contributed by atoms with Crippen molar-refractivity contribution < 1.29 is 19.4 Å². The molecule has 0 heterocycles. The van der Waals surface area contributed by atoms with E-state index in [2.05, 4.69) is 0 Å². The van der Waals surface area contributed by atoms with Crippen LogP contribution in [0.3, 0.4) is 0 Å². The van der Waals surface area contributed by atoms with Gasteiger partial charge < -0.3 is 14.6 Å². The summed E-state index contributed by atoms with van der Waals surface area (Å²) in [6.45, 7) is 3.81. The van der Waals surface area contributed by atoms with E-state index in [4.69, 9.17) is 9.47 Å². The summed E-state index contributed by atoms with van der Waals surface area (Å²) in [5.41, 5.74) is 3.92. The van der Waals surface area contributed by atoms with Crippen molar-refractivity contribution in [2.24, 2.45) is 0 Å². The Hall–Kier alpha value is -2.33. The van der Waals surface area contributed by atoms with E-state index < -0.39 is 5.97 Å². The van der Waals surface area contributed by atoms with Crippen LogP contribution in [-0.4, -0.2) is 18.2 Å². The molecule has 0 radical (unpaired) electrons. The molecule has 0 atom stereocenters. The van der Waals surface area contributed by atoms with E-state index in [1.165, 1.54) is 13.0 Å². The number of aryl methyl sites for hydroxylation is 1. The van der Waals surface area contributed by atoms with Crippen LogP contribution in [0.5, 0.6) is 11.5 Å². The quantitative estimate of drug-likeness (QED) is 0.679. The van der Waals surface area contributed by atoms with Crippen LogP contribution in [0.1, 0.15) is 29.2 Å². The number of ether oxygens (including phenoxy) is 2. The standard InChI is InChI=1S/C18H20O4/c1-12-8-16(22-13(2)19)10-18(20)17(12)9-14-4-6-15(7-5-14)11-21-3/h4-8,10,20H,9,11H2,1-3H3. The van der Waals surface area contributed by atoms with E-state index in [1.54, 1.807) is 13.2 Å². The van der Waals surface area contributed by atoms with Gasteiger partial charge in [-0.15, -0.1) is 0 Å². The monoisotopic (exact) mass is 300 g/mol. The number of hydrogen-bond donors (Lipinski definition) is 1. The van der Waals surface area contributed by atoms with Gasteiger partial charge in [-0.2, -0.15) is 0 Å². The molecule has 0 unspecified atom stereocenters. The first-order valence-corrected chi connectivity index (χ1v) is 7.07. The molecule has 22 heavy (non-hydrogen) atoms. The summed E-state index contributed by atoms with van der Waals surface area (Å²) >= 11 is 0. The van der Waals surface area contributed by atoms with Gasteiger partial charge in [-0.1, -0.05) is 24.3 Å². The first kappa shape index (κ1) is 16.0. The van der Waals surface area contributed by atoms with Crippen LogP contribution in [-0.2, 0) is 22.6 Å². The maximum absolute atomic E-state index is 11.0. The average Bonchev–Trinajstić information content (AvgIpc) is 2.44. The molecule has 0 aliphatic carbocycles. The van der Waals surface area contributed by atoms with Gasteiger partial charge in [0.2, 0.25) is 0 Å². The van der Waals surface area contributed by atoms with E-state index >= 15 is 0 Å². The van der Waals surface area contributed by atoms with Crippen molar-refractivity contribution in [3.63, 3.8) is 0 Å². The summed E-state index contributed by atoms with van der Waals surface area (Å²) < 4.78 is 10.1. The van der Waals surface area contributed by atoms with Gasteiger partial charge in [0.25, 0.3) is 0 Å². The molecule has 0 aliphatic heterocycles. The predicted octanol–water partition coefficient (Wildman–Crippen LogP) is 3.36. The highest BCUT2D eigenvalue weighted by Crippen LogP contribution is 2.29. The lowest BCUT2D eigenvalue weighted by Crippen LogP contribution is -2.02. The van der Waals surface area contributed by atoms with Crippen molar-refractivity contribution in [3.05, 3.63) is 58.7 Å². The summed E-state index contributed by atoms with van der Waals surface area (Å²) in [7, 11) is 1.67. The van der Waals surface area contributed by atoms with Crippen molar-refractivity contribution in [2.75, 3.05) is 7.11 Å². The Balaban J connectivity index is 2.20. The van der Waals surface area contributed by atoms with Crippen molar-refractivity contribution in [2.45, 2.75) is 26.9 Å². The van der Waals surface area contributed by atoms with Gasteiger partial charge in [0.05, 0.1) is 6.61 Å². The number of carbonyl (C=O) groups is 1. The molecule has 2 rings (SSSR count). The fourth-order valence-electron chi connectivity index (χ4n) is 2.35. The summed E-state index contributed by atoms with van der Waals surface area (Å²) in [6.07, 6.45) is 0.616. The lowest BCUT2D eigenvalue weighted by atomic mass is 9.98. The molecule has 1 N–H and O–H groups in total. The highest BCUT2D eigenvalue weighted by Gasteiger charge is 2.10. The van der Waals surface area contributed by atoms with Gasteiger partial charge in [-0.05, 0) is 29.7 Å². The van der Waals surface area contributed by atoms with Crippen LogP contribution >= 0.6 is 0 Å². The van der Waals surface area contributed by atoms with Crippen molar-refractivity contribution in [1.29, 1.82) is 0 Å². The second-order valence-corrected chi connectivity index (χ2v) is 5.26. The normalized spacial score (nSPS) is 10.5. The Morgan fingerprint density at radius 3 is 2.32 bits per heavy atom. The molecule has 0 aromatic heterocycles. The number of hydrogen-bond acceptors (Lipinski definition) is 4. The molecule has 0 bridgehead atoms. The topological polar surface area (TPSA) is 55.8 Å². The van der Waals surface area contributed by atoms with E-state index in [1.807, 2.05) is 31.2 Å². The molecule has 4 heteroatoms. The number of carbonyl (C=O) groups excluding carboxylic acids is 1. The number of methoxy groups -OCH3 is 1. The third kappa shape index (κ3) is 4.09. The van der Waals surface area contributed by atoms with Crippen LogP contribution < -0.4 is 4.74 Å². The third-order valence-electron chi connectivity index (χ3n) is 3.40. The Morgan fingerprint density at radius 2 is 1.77 bits per heavy atom. The molecule has 0 saturated carbocycles. The van der Waals surface area contributed by atoms with Crippen molar-refractivity contribution >= 4 is 5.97 Å². The molecule has 0 amide bonds. The summed E-state index contributed by atoms with van der Waals surface area (Å²) in [5, 5.41) is 10.2. The van der Waals surface area contributed by atoms with E-state index in [9.17, 15) is 9.90 Å². The van der Waals surface area contributed by atoms with Crippen LogP contribution in [0, 0.1) is 6.92 Å². The number of aromatic hydroxyl groups is 1. The molecular weight excluding hydrogens is 280 g/mol. The number of benzene rings is 2. The molecular formula is C18H20O4. The predicted molar refractivity (Wildman–Crippen MR) is 84.1 cm³/mol. The van der Waals surface area contributed by atoms with E-state index in [-0.39, 0.29) is 5.75 Å². The highest BCUT2D eigenvalue weighted by molar-refractivity contribution is 5.69. The summed E-state index contributed by atoms with van der Waals surface area (Å²) in [5.74, 6) is 0.0965. The van der Waals surface area contributed by atoms with Crippen molar-refractivity contribution in [1.82, 2.24) is 0 Å². The Morgan fingerprint density at radius 1 is 1.14 bits per heavy atom. The number of rotatable bonds is 5. The molecule has 2 aromatic rings. The fraction of sp³-hybridized carbons (Fsp3) is 0.278.